The summed E-state index contributed by atoms with van der Waals surface area (Å²) in [5.74, 6) is -0.309. The zero-order valence-corrected chi connectivity index (χ0v) is 12.3. The summed E-state index contributed by atoms with van der Waals surface area (Å²) in [7, 11) is 0. The standard InChI is InChI=1S/C18H19FN2O/c19-15-8-6-14(7-9-15)18(10-11-18)17(22)21-12-16(20)13-4-2-1-3-5-13/h1-9,16H,10-12,20H2,(H,21,22). The summed E-state index contributed by atoms with van der Waals surface area (Å²) >= 11 is 0. The van der Waals surface area contributed by atoms with Crippen molar-refractivity contribution in [3.05, 3.63) is 71.5 Å². The summed E-state index contributed by atoms with van der Waals surface area (Å²) in [6.45, 7) is 0.395. The van der Waals surface area contributed by atoms with E-state index in [0.29, 0.717) is 6.54 Å². The highest BCUT2D eigenvalue weighted by molar-refractivity contribution is 5.91. The highest BCUT2D eigenvalue weighted by atomic mass is 19.1. The zero-order chi connectivity index (χ0) is 15.6. The van der Waals surface area contributed by atoms with Crippen molar-refractivity contribution in [1.29, 1.82) is 0 Å². The summed E-state index contributed by atoms with van der Waals surface area (Å²) in [6.07, 6.45) is 1.59. The Bertz CT molecular complexity index is 651. The lowest BCUT2D eigenvalue weighted by molar-refractivity contribution is -0.123. The highest BCUT2D eigenvalue weighted by Gasteiger charge is 2.51. The molecular weight excluding hydrogens is 279 g/mol. The zero-order valence-electron chi connectivity index (χ0n) is 12.3. The van der Waals surface area contributed by atoms with Crippen molar-refractivity contribution >= 4 is 5.91 Å². The van der Waals surface area contributed by atoms with Crippen LogP contribution >= 0.6 is 0 Å². The van der Waals surface area contributed by atoms with Gasteiger partial charge in [-0.2, -0.15) is 0 Å². The molecule has 1 fully saturated rings. The van der Waals surface area contributed by atoms with Crippen LogP contribution in [0.15, 0.2) is 54.6 Å². The average molecular weight is 298 g/mol. The van der Waals surface area contributed by atoms with Gasteiger partial charge in [-0.3, -0.25) is 4.79 Å². The minimum Gasteiger partial charge on any atom is -0.353 e. The largest absolute Gasteiger partial charge is 0.353 e. The van der Waals surface area contributed by atoms with Crippen molar-refractivity contribution in [2.24, 2.45) is 5.73 Å². The summed E-state index contributed by atoms with van der Waals surface area (Å²) in [5, 5.41) is 2.94. The van der Waals surface area contributed by atoms with Gasteiger partial charge >= 0.3 is 0 Å². The van der Waals surface area contributed by atoms with Crippen molar-refractivity contribution < 1.29 is 9.18 Å². The number of nitrogens with two attached hydrogens (primary N) is 1. The predicted molar refractivity (Wildman–Crippen MR) is 83.7 cm³/mol. The van der Waals surface area contributed by atoms with Gasteiger partial charge < -0.3 is 11.1 Å². The molecule has 3 nitrogen and oxygen atoms in total. The van der Waals surface area contributed by atoms with Gasteiger partial charge in [-0.25, -0.2) is 4.39 Å². The SMILES string of the molecule is NC(CNC(=O)C1(c2ccc(F)cc2)CC1)c1ccccc1. The van der Waals surface area contributed by atoms with Crippen LogP contribution in [0, 0.1) is 5.82 Å². The Morgan fingerprint density at radius 1 is 1.14 bits per heavy atom. The van der Waals surface area contributed by atoms with Gasteiger partial charge in [-0.05, 0) is 36.1 Å². The Labute approximate surface area is 129 Å². The first-order chi connectivity index (χ1) is 10.6. The Balaban J connectivity index is 1.64. The number of amides is 1. The molecule has 1 aliphatic rings. The number of benzene rings is 2. The number of carbonyl (C=O) groups excluding carboxylic acids is 1. The molecule has 0 radical (unpaired) electrons. The first-order valence-electron chi connectivity index (χ1n) is 7.47. The van der Waals surface area contributed by atoms with Crippen LogP contribution in [0.3, 0.4) is 0 Å². The topological polar surface area (TPSA) is 55.1 Å². The Morgan fingerprint density at radius 3 is 2.36 bits per heavy atom. The third-order valence-electron chi connectivity index (χ3n) is 4.29. The van der Waals surface area contributed by atoms with Crippen LogP contribution in [0.25, 0.3) is 0 Å². The van der Waals surface area contributed by atoms with Crippen LogP contribution in [-0.2, 0) is 10.2 Å². The lowest BCUT2D eigenvalue weighted by Gasteiger charge is -2.18. The van der Waals surface area contributed by atoms with Crippen LogP contribution in [0.5, 0.6) is 0 Å². The van der Waals surface area contributed by atoms with Gasteiger partial charge in [-0.15, -0.1) is 0 Å². The molecule has 3 rings (SSSR count). The molecule has 0 spiro atoms. The summed E-state index contributed by atoms with van der Waals surface area (Å²) in [4.78, 5) is 12.5. The molecule has 3 N–H and O–H groups in total. The summed E-state index contributed by atoms with van der Waals surface area (Å²) in [6, 6.07) is 15.6. The second-order valence-electron chi connectivity index (χ2n) is 5.82. The predicted octanol–water partition coefficient (Wildman–Crippen LogP) is 2.67. The van der Waals surface area contributed by atoms with Gasteiger partial charge in [0.15, 0.2) is 0 Å². The molecule has 0 aromatic heterocycles. The van der Waals surface area contributed by atoms with E-state index in [-0.39, 0.29) is 17.8 Å². The fourth-order valence-corrected chi connectivity index (χ4v) is 2.73. The fraction of sp³-hybridized carbons (Fsp3) is 0.278. The van der Waals surface area contributed by atoms with E-state index in [0.717, 1.165) is 24.0 Å². The number of hydrogen-bond donors (Lipinski definition) is 2. The minimum absolute atomic E-state index is 0.0227. The van der Waals surface area contributed by atoms with E-state index >= 15 is 0 Å². The molecule has 22 heavy (non-hydrogen) atoms. The molecule has 0 saturated heterocycles. The molecule has 1 aliphatic carbocycles. The van der Waals surface area contributed by atoms with Gasteiger partial charge in [0, 0.05) is 12.6 Å². The second-order valence-corrected chi connectivity index (χ2v) is 5.82. The van der Waals surface area contributed by atoms with Crippen molar-refractivity contribution in [2.45, 2.75) is 24.3 Å². The van der Waals surface area contributed by atoms with E-state index in [1.54, 1.807) is 12.1 Å². The maximum absolute atomic E-state index is 13.0. The Morgan fingerprint density at radius 2 is 1.77 bits per heavy atom. The van der Waals surface area contributed by atoms with Crippen molar-refractivity contribution in [1.82, 2.24) is 5.32 Å². The summed E-state index contributed by atoms with van der Waals surface area (Å²) in [5.41, 5.74) is 7.47. The first-order valence-corrected chi connectivity index (χ1v) is 7.47. The van der Waals surface area contributed by atoms with Crippen LogP contribution < -0.4 is 11.1 Å². The molecule has 0 heterocycles. The highest BCUT2D eigenvalue weighted by Crippen LogP contribution is 2.48. The van der Waals surface area contributed by atoms with E-state index in [9.17, 15) is 9.18 Å². The van der Waals surface area contributed by atoms with Crippen molar-refractivity contribution in [3.63, 3.8) is 0 Å². The smallest absolute Gasteiger partial charge is 0.230 e. The van der Waals surface area contributed by atoms with Gasteiger partial charge in [0.05, 0.1) is 5.41 Å². The molecule has 1 amide bonds. The monoisotopic (exact) mass is 298 g/mol. The molecule has 0 bridgehead atoms. The number of carbonyl (C=O) groups is 1. The van der Waals surface area contributed by atoms with Crippen molar-refractivity contribution in [3.8, 4) is 0 Å². The Hall–Kier alpha value is -2.20. The van der Waals surface area contributed by atoms with E-state index < -0.39 is 5.41 Å². The van der Waals surface area contributed by atoms with Gasteiger partial charge in [0.1, 0.15) is 5.82 Å². The van der Waals surface area contributed by atoms with Crippen LogP contribution in [0.4, 0.5) is 4.39 Å². The molecule has 4 heteroatoms. The van der Waals surface area contributed by atoms with E-state index in [4.69, 9.17) is 5.73 Å². The molecule has 1 unspecified atom stereocenters. The van der Waals surface area contributed by atoms with Gasteiger partial charge in [-0.1, -0.05) is 42.5 Å². The first kappa shape index (κ1) is 14.7. The lowest BCUT2D eigenvalue weighted by atomic mass is 9.94. The lowest BCUT2D eigenvalue weighted by Crippen LogP contribution is -2.38. The average Bonchev–Trinajstić information content (AvgIpc) is 3.35. The fourth-order valence-electron chi connectivity index (χ4n) is 2.73. The van der Waals surface area contributed by atoms with Crippen LogP contribution in [0.2, 0.25) is 0 Å². The third kappa shape index (κ3) is 2.88. The van der Waals surface area contributed by atoms with Crippen molar-refractivity contribution in [2.75, 3.05) is 6.54 Å². The minimum atomic E-state index is -0.496. The molecule has 2 aromatic carbocycles. The number of nitrogens with one attached hydrogen (secondary N) is 1. The van der Waals surface area contributed by atoms with Crippen LogP contribution in [-0.4, -0.2) is 12.5 Å². The quantitative estimate of drug-likeness (QED) is 0.891. The van der Waals surface area contributed by atoms with E-state index in [1.165, 1.54) is 12.1 Å². The van der Waals surface area contributed by atoms with Gasteiger partial charge in [0.25, 0.3) is 0 Å². The third-order valence-corrected chi connectivity index (χ3v) is 4.29. The molecule has 2 aromatic rings. The van der Waals surface area contributed by atoms with E-state index in [2.05, 4.69) is 5.32 Å². The molecule has 0 aliphatic heterocycles. The Kier molecular flexibility index (Phi) is 3.94. The molecule has 114 valence electrons. The number of halogens is 1. The maximum Gasteiger partial charge on any atom is 0.230 e. The normalized spacial score (nSPS) is 16.8. The summed E-state index contributed by atoms with van der Waals surface area (Å²) < 4.78 is 13.0. The van der Waals surface area contributed by atoms with E-state index in [1.807, 2.05) is 30.3 Å². The van der Waals surface area contributed by atoms with Crippen LogP contribution in [0.1, 0.15) is 30.0 Å². The molecule has 1 atom stereocenters. The number of hydrogen-bond acceptors (Lipinski definition) is 2. The second kappa shape index (κ2) is 5.89. The maximum atomic E-state index is 13.0. The van der Waals surface area contributed by atoms with Gasteiger partial charge in [0.2, 0.25) is 5.91 Å². The molecule has 1 saturated carbocycles. The molecular formula is C18H19FN2O. The number of rotatable bonds is 5.